The predicted octanol–water partition coefficient (Wildman–Crippen LogP) is 3.47. The molecule has 0 bridgehead atoms. The molecule has 1 aliphatic heterocycles. The molecule has 1 atom stereocenters. The Hall–Kier alpha value is -3.56. The Morgan fingerprint density at radius 3 is 2.38 bits per heavy atom. The molecule has 0 aromatic heterocycles. The van der Waals surface area contributed by atoms with Gasteiger partial charge in [-0.3, -0.25) is 4.79 Å². The van der Waals surface area contributed by atoms with Gasteiger partial charge in [0.25, 0.3) is 15.9 Å². The number of nitrogens with one attached hydrogen (secondary N) is 2. The van der Waals surface area contributed by atoms with E-state index in [4.69, 9.17) is 9.47 Å². The predicted molar refractivity (Wildman–Crippen MR) is 120 cm³/mol. The van der Waals surface area contributed by atoms with E-state index in [1.165, 1.54) is 26.4 Å². The van der Waals surface area contributed by atoms with Gasteiger partial charge in [-0.1, -0.05) is 29.8 Å². The minimum atomic E-state index is -4.04. The van der Waals surface area contributed by atoms with E-state index in [9.17, 15) is 13.2 Å². The van der Waals surface area contributed by atoms with Crippen LogP contribution in [0.2, 0.25) is 0 Å². The van der Waals surface area contributed by atoms with Crippen molar-refractivity contribution in [2.24, 2.45) is 0 Å². The number of aryl methyl sites for hydroxylation is 1. The third kappa shape index (κ3) is 4.00. The molecule has 0 radical (unpaired) electrons. The van der Waals surface area contributed by atoms with Crippen LogP contribution in [0.15, 0.2) is 71.6 Å². The summed E-state index contributed by atoms with van der Waals surface area (Å²) in [6.07, 6.45) is -0.863. The van der Waals surface area contributed by atoms with Crippen molar-refractivity contribution < 1.29 is 22.7 Å². The van der Waals surface area contributed by atoms with Gasteiger partial charge in [0.15, 0.2) is 0 Å². The Morgan fingerprint density at radius 1 is 0.969 bits per heavy atom. The first-order valence-corrected chi connectivity index (χ1v) is 11.3. The smallest absolute Gasteiger partial charge is 0.273 e. The summed E-state index contributed by atoms with van der Waals surface area (Å²) >= 11 is 0. The number of amides is 1. The van der Waals surface area contributed by atoms with Crippen molar-refractivity contribution in [3.8, 4) is 11.5 Å². The van der Waals surface area contributed by atoms with E-state index in [1.807, 2.05) is 6.92 Å². The Kier molecular flexibility index (Phi) is 5.77. The van der Waals surface area contributed by atoms with Crippen molar-refractivity contribution >= 4 is 21.6 Å². The van der Waals surface area contributed by atoms with E-state index >= 15 is 0 Å². The van der Waals surface area contributed by atoms with Crippen molar-refractivity contribution in [2.45, 2.75) is 18.0 Å². The van der Waals surface area contributed by atoms with E-state index in [-0.39, 0.29) is 4.90 Å². The molecule has 0 spiro atoms. The number of nitrogens with zero attached hydrogens (tertiary/aromatic N) is 1. The number of methoxy groups -OCH3 is 2. The standard InChI is InChI=1S/C23H23N3O5S/c1-15-8-11-17(12-9-15)32(28,29)25-26-22(19-13-10-16(30-2)14-21(19)31-3)24-20-7-5-4-6-18(20)23(26)27/h4-14,22,24-25H,1-3H3/t22-/m1/s1. The molecule has 4 rings (SSSR count). The fourth-order valence-electron chi connectivity index (χ4n) is 3.51. The molecular formula is C23H23N3O5S. The second kappa shape index (κ2) is 8.52. The van der Waals surface area contributed by atoms with Gasteiger partial charge in [-0.15, -0.1) is 4.83 Å². The van der Waals surface area contributed by atoms with Crippen LogP contribution in [-0.2, 0) is 10.0 Å². The van der Waals surface area contributed by atoms with E-state index in [0.29, 0.717) is 28.3 Å². The number of fused-ring (bicyclic) bond motifs is 1. The third-order valence-electron chi connectivity index (χ3n) is 5.21. The summed E-state index contributed by atoms with van der Waals surface area (Å²) in [6, 6.07) is 18.4. The molecule has 1 amide bonds. The number of ether oxygens (including phenoxy) is 2. The molecule has 8 nitrogen and oxygen atoms in total. The summed E-state index contributed by atoms with van der Waals surface area (Å²) in [5, 5.41) is 4.32. The van der Waals surface area contributed by atoms with Crippen molar-refractivity contribution in [2.75, 3.05) is 19.5 Å². The average molecular weight is 454 g/mol. The van der Waals surface area contributed by atoms with Gasteiger partial charge in [-0.25, -0.2) is 13.4 Å². The van der Waals surface area contributed by atoms with E-state index in [0.717, 1.165) is 10.6 Å². The summed E-state index contributed by atoms with van der Waals surface area (Å²) in [6.45, 7) is 1.87. The molecule has 2 N–H and O–H groups in total. The zero-order chi connectivity index (χ0) is 22.9. The number of anilines is 1. The normalized spacial score (nSPS) is 15.7. The maximum Gasteiger partial charge on any atom is 0.273 e. The van der Waals surface area contributed by atoms with Gasteiger partial charge in [-0.2, -0.15) is 0 Å². The van der Waals surface area contributed by atoms with E-state index in [1.54, 1.807) is 54.6 Å². The molecule has 3 aromatic rings. The molecule has 0 fully saturated rings. The lowest BCUT2D eigenvalue weighted by atomic mass is 10.0. The van der Waals surface area contributed by atoms with Crippen LogP contribution in [-0.4, -0.2) is 33.6 Å². The Bertz CT molecular complexity index is 1260. The van der Waals surface area contributed by atoms with E-state index < -0.39 is 22.1 Å². The molecule has 0 saturated carbocycles. The van der Waals surface area contributed by atoms with Crippen LogP contribution in [0.25, 0.3) is 0 Å². The summed E-state index contributed by atoms with van der Waals surface area (Å²) in [5.74, 6) is 0.520. The second-order valence-electron chi connectivity index (χ2n) is 7.28. The van der Waals surface area contributed by atoms with Crippen LogP contribution >= 0.6 is 0 Å². The summed E-state index contributed by atoms with van der Waals surface area (Å²) in [4.78, 5) is 15.9. The number of benzene rings is 3. The van der Waals surface area contributed by atoms with Gasteiger partial charge in [0.2, 0.25) is 0 Å². The van der Waals surface area contributed by atoms with E-state index in [2.05, 4.69) is 10.1 Å². The molecule has 1 heterocycles. The maximum atomic E-state index is 13.4. The van der Waals surface area contributed by atoms with Gasteiger partial charge in [0.1, 0.15) is 17.7 Å². The zero-order valence-electron chi connectivity index (χ0n) is 17.8. The first-order chi connectivity index (χ1) is 15.3. The number of hydrazine groups is 1. The van der Waals surface area contributed by atoms with Crippen LogP contribution in [0.4, 0.5) is 5.69 Å². The highest BCUT2D eigenvalue weighted by Gasteiger charge is 2.37. The number of hydrogen-bond donors (Lipinski definition) is 2. The third-order valence-corrected chi connectivity index (χ3v) is 6.54. The van der Waals surface area contributed by atoms with Crippen molar-refractivity contribution in [3.05, 3.63) is 83.4 Å². The van der Waals surface area contributed by atoms with Crippen LogP contribution in [0.5, 0.6) is 11.5 Å². The van der Waals surface area contributed by atoms with Crippen molar-refractivity contribution in [1.29, 1.82) is 0 Å². The minimum Gasteiger partial charge on any atom is -0.497 e. The SMILES string of the molecule is COc1ccc([C@@H]2Nc3ccccc3C(=O)N2NS(=O)(=O)c2ccc(C)cc2)c(OC)c1. The van der Waals surface area contributed by atoms with Crippen LogP contribution < -0.4 is 19.6 Å². The fourth-order valence-corrected chi connectivity index (χ4v) is 4.56. The number of para-hydroxylation sites is 1. The van der Waals surface area contributed by atoms with Crippen molar-refractivity contribution in [3.63, 3.8) is 0 Å². The molecule has 1 aliphatic rings. The van der Waals surface area contributed by atoms with Crippen LogP contribution in [0.3, 0.4) is 0 Å². The lowest BCUT2D eigenvalue weighted by molar-refractivity contribution is 0.0630. The fraction of sp³-hybridized carbons (Fsp3) is 0.174. The first kappa shape index (κ1) is 21.7. The quantitative estimate of drug-likeness (QED) is 0.593. The topological polar surface area (TPSA) is 97.0 Å². The number of sulfonamides is 1. The van der Waals surface area contributed by atoms with Crippen LogP contribution in [0.1, 0.15) is 27.7 Å². The number of carbonyl (C=O) groups is 1. The monoisotopic (exact) mass is 453 g/mol. The Labute approximate surface area is 186 Å². The largest absolute Gasteiger partial charge is 0.497 e. The summed E-state index contributed by atoms with van der Waals surface area (Å²) in [5.41, 5.74) is 2.42. The molecule has 32 heavy (non-hydrogen) atoms. The van der Waals surface area contributed by atoms with Crippen molar-refractivity contribution in [1.82, 2.24) is 9.84 Å². The summed E-state index contributed by atoms with van der Waals surface area (Å²) in [7, 11) is -1.00. The molecule has 0 saturated heterocycles. The molecule has 3 aromatic carbocycles. The highest BCUT2D eigenvalue weighted by atomic mass is 32.2. The highest BCUT2D eigenvalue weighted by Crippen LogP contribution is 2.37. The number of hydrogen-bond acceptors (Lipinski definition) is 6. The highest BCUT2D eigenvalue weighted by molar-refractivity contribution is 7.89. The van der Waals surface area contributed by atoms with Crippen LogP contribution in [0, 0.1) is 6.92 Å². The maximum absolute atomic E-state index is 13.4. The first-order valence-electron chi connectivity index (χ1n) is 9.84. The molecule has 166 valence electrons. The average Bonchev–Trinajstić information content (AvgIpc) is 2.80. The molecule has 9 heteroatoms. The van der Waals surface area contributed by atoms with Gasteiger partial charge in [0, 0.05) is 17.3 Å². The Balaban J connectivity index is 1.80. The van der Waals surface area contributed by atoms with Gasteiger partial charge in [0.05, 0.1) is 24.7 Å². The minimum absolute atomic E-state index is 0.0511. The van der Waals surface area contributed by atoms with Gasteiger partial charge < -0.3 is 14.8 Å². The lowest BCUT2D eigenvalue weighted by Crippen LogP contribution is -2.52. The lowest BCUT2D eigenvalue weighted by Gasteiger charge is -2.38. The number of rotatable bonds is 6. The van der Waals surface area contributed by atoms with Gasteiger partial charge >= 0.3 is 0 Å². The van der Waals surface area contributed by atoms with Gasteiger partial charge in [-0.05, 0) is 43.3 Å². The zero-order valence-corrected chi connectivity index (χ0v) is 18.6. The molecular weight excluding hydrogens is 430 g/mol. The number of carbonyl (C=O) groups excluding carboxylic acids is 1. The summed E-state index contributed by atoms with van der Waals surface area (Å²) < 4.78 is 37.0. The Morgan fingerprint density at radius 2 is 1.69 bits per heavy atom. The second-order valence-corrected chi connectivity index (χ2v) is 8.94. The molecule has 0 aliphatic carbocycles. The molecule has 0 unspecified atom stereocenters.